The van der Waals surface area contributed by atoms with E-state index in [0.717, 1.165) is 12.8 Å². The van der Waals surface area contributed by atoms with Gasteiger partial charge in [-0.3, -0.25) is 0 Å². The van der Waals surface area contributed by atoms with Crippen LogP contribution in [0.4, 0.5) is 0 Å². The lowest BCUT2D eigenvalue weighted by atomic mass is 10.2. The second-order valence-electron chi connectivity index (χ2n) is 4.50. The van der Waals surface area contributed by atoms with Crippen molar-refractivity contribution in [2.45, 2.75) is 38.6 Å². The Kier molecular flexibility index (Phi) is 2.77. The summed E-state index contributed by atoms with van der Waals surface area (Å²) in [4.78, 5) is 11.1. The Morgan fingerprint density at radius 1 is 1.37 bits per heavy atom. The molecule has 0 spiro atoms. The summed E-state index contributed by atoms with van der Waals surface area (Å²) in [5, 5.41) is 24.5. The molecule has 2 heterocycles. The standard InChI is InChI=1S/C11H13N5O3/c1-2-7-12-13-8(19-7)5-16-10(6-3-4-6)9(11(17)18)14-15-16/h6H,2-5H2,1H3,(H,17,18). The summed E-state index contributed by atoms with van der Waals surface area (Å²) in [6.07, 6.45) is 2.61. The molecule has 8 heteroatoms. The molecular weight excluding hydrogens is 250 g/mol. The van der Waals surface area contributed by atoms with E-state index in [2.05, 4.69) is 20.5 Å². The second kappa shape index (κ2) is 4.45. The van der Waals surface area contributed by atoms with Crippen LogP contribution < -0.4 is 0 Å². The Balaban J connectivity index is 1.90. The zero-order valence-electron chi connectivity index (χ0n) is 10.4. The van der Waals surface area contributed by atoms with Gasteiger partial charge in [-0.2, -0.15) is 0 Å². The molecule has 8 nitrogen and oxygen atoms in total. The van der Waals surface area contributed by atoms with Gasteiger partial charge in [0.2, 0.25) is 11.8 Å². The number of aromatic carboxylic acids is 1. The molecule has 2 aromatic heterocycles. The molecule has 0 aliphatic heterocycles. The van der Waals surface area contributed by atoms with Gasteiger partial charge in [0.15, 0.2) is 5.69 Å². The minimum atomic E-state index is -1.05. The molecule has 100 valence electrons. The lowest BCUT2D eigenvalue weighted by molar-refractivity contribution is 0.0689. The van der Waals surface area contributed by atoms with Crippen molar-refractivity contribution >= 4 is 5.97 Å². The zero-order valence-corrected chi connectivity index (χ0v) is 10.4. The van der Waals surface area contributed by atoms with Crippen LogP contribution in [0.2, 0.25) is 0 Å². The van der Waals surface area contributed by atoms with Gasteiger partial charge in [-0.25, -0.2) is 9.48 Å². The molecule has 0 bridgehead atoms. The number of carboxylic acid groups (broad SMARTS) is 1. The molecule has 0 aromatic carbocycles. The molecule has 0 unspecified atom stereocenters. The fourth-order valence-corrected chi connectivity index (χ4v) is 1.97. The predicted molar refractivity (Wildman–Crippen MR) is 61.7 cm³/mol. The van der Waals surface area contributed by atoms with Gasteiger partial charge in [0.05, 0.1) is 5.69 Å². The maximum Gasteiger partial charge on any atom is 0.358 e. The molecule has 0 amide bonds. The van der Waals surface area contributed by atoms with Crippen molar-refractivity contribution in [1.82, 2.24) is 25.2 Å². The minimum Gasteiger partial charge on any atom is -0.476 e. The number of carboxylic acids is 1. The molecule has 1 aliphatic rings. The summed E-state index contributed by atoms with van der Waals surface area (Å²) in [6, 6.07) is 0. The van der Waals surface area contributed by atoms with Crippen LogP contribution in [0.1, 0.15) is 53.6 Å². The topological polar surface area (TPSA) is 107 Å². The third-order valence-corrected chi connectivity index (χ3v) is 3.04. The summed E-state index contributed by atoms with van der Waals surface area (Å²) in [7, 11) is 0. The molecule has 0 saturated heterocycles. The molecular formula is C11H13N5O3. The van der Waals surface area contributed by atoms with Gasteiger partial charge in [0.25, 0.3) is 0 Å². The van der Waals surface area contributed by atoms with E-state index in [-0.39, 0.29) is 18.2 Å². The summed E-state index contributed by atoms with van der Waals surface area (Å²) in [5.74, 6) is 0.157. The van der Waals surface area contributed by atoms with E-state index in [1.165, 1.54) is 0 Å². The number of hydrogen-bond acceptors (Lipinski definition) is 6. The van der Waals surface area contributed by atoms with E-state index >= 15 is 0 Å². The number of carbonyl (C=O) groups is 1. The van der Waals surface area contributed by atoms with Gasteiger partial charge in [0, 0.05) is 12.3 Å². The van der Waals surface area contributed by atoms with Crippen LogP contribution in [0.15, 0.2) is 4.42 Å². The van der Waals surface area contributed by atoms with Crippen LogP contribution in [0, 0.1) is 0 Å². The first-order valence-electron chi connectivity index (χ1n) is 6.17. The van der Waals surface area contributed by atoms with Gasteiger partial charge in [-0.1, -0.05) is 12.1 Å². The van der Waals surface area contributed by atoms with E-state index in [1.54, 1.807) is 4.68 Å². The second-order valence-corrected chi connectivity index (χ2v) is 4.50. The Hall–Kier alpha value is -2.25. The van der Waals surface area contributed by atoms with Gasteiger partial charge in [0.1, 0.15) is 6.54 Å². The van der Waals surface area contributed by atoms with Gasteiger partial charge in [-0.15, -0.1) is 15.3 Å². The Bertz CT molecular complexity index is 614. The normalized spacial score (nSPS) is 14.8. The first-order valence-corrected chi connectivity index (χ1v) is 6.17. The van der Waals surface area contributed by atoms with E-state index < -0.39 is 5.97 Å². The summed E-state index contributed by atoms with van der Waals surface area (Å²) < 4.78 is 6.95. The molecule has 1 aliphatic carbocycles. The molecule has 3 rings (SSSR count). The molecule has 0 radical (unpaired) electrons. The highest BCUT2D eigenvalue weighted by atomic mass is 16.4. The van der Waals surface area contributed by atoms with E-state index in [4.69, 9.17) is 9.52 Å². The van der Waals surface area contributed by atoms with Crippen LogP contribution in [-0.2, 0) is 13.0 Å². The van der Waals surface area contributed by atoms with Crippen molar-refractivity contribution < 1.29 is 14.3 Å². The van der Waals surface area contributed by atoms with Crippen molar-refractivity contribution in [1.29, 1.82) is 0 Å². The minimum absolute atomic E-state index is 0.0257. The zero-order chi connectivity index (χ0) is 13.4. The number of aromatic nitrogens is 5. The monoisotopic (exact) mass is 263 g/mol. The van der Waals surface area contributed by atoms with Crippen molar-refractivity contribution in [3.05, 3.63) is 23.2 Å². The average Bonchev–Trinajstić information content (AvgIpc) is 2.98. The summed E-state index contributed by atoms with van der Waals surface area (Å²) in [5.41, 5.74) is 0.682. The quantitative estimate of drug-likeness (QED) is 0.851. The summed E-state index contributed by atoms with van der Waals surface area (Å²) >= 11 is 0. The number of aryl methyl sites for hydroxylation is 1. The number of rotatable bonds is 5. The molecule has 19 heavy (non-hydrogen) atoms. The molecule has 1 N–H and O–H groups in total. The van der Waals surface area contributed by atoms with Crippen molar-refractivity contribution in [3.63, 3.8) is 0 Å². The smallest absolute Gasteiger partial charge is 0.358 e. The van der Waals surface area contributed by atoms with Crippen LogP contribution in [0.5, 0.6) is 0 Å². The largest absolute Gasteiger partial charge is 0.476 e. The van der Waals surface area contributed by atoms with Crippen LogP contribution in [0.3, 0.4) is 0 Å². The van der Waals surface area contributed by atoms with Crippen molar-refractivity contribution in [2.24, 2.45) is 0 Å². The lowest BCUT2D eigenvalue weighted by Gasteiger charge is -2.02. The SMILES string of the molecule is CCc1nnc(Cn2nnc(C(=O)O)c2C2CC2)o1. The highest BCUT2D eigenvalue weighted by Gasteiger charge is 2.34. The van der Waals surface area contributed by atoms with Crippen molar-refractivity contribution in [3.8, 4) is 0 Å². The van der Waals surface area contributed by atoms with Crippen LogP contribution in [-0.4, -0.2) is 36.3 Å². The maximum absolute atomic E-state index is 11.1. The highest BCUT2D eigenvalue weighted by molar-refractivity contribution is 5.86. The molecule has 2 aromatic rings. The van der Waals surface area contributed by atoms with Gasteiger partial charge < -0.3 is 9.52 Å². The Labute approximate surface area is 108 Å². The molecule has 1 fully saturated rings. The van der Waals surface area contributed by atoms with Crippen LogP contribution >= 0.6 is 0 Å². The number of hydrogen-bond donors (Lipinski definition) is 1. The first-order chi connectivity index (χ1) is 9.19. The Morgan fingerprint density at radius 3 is 2.68 bits per heavy atom. The molecule has 0 atom stereocenters. The summed E-state index contributed by atoms with van der Waals surface area (Å²) in [6.45, 7) is 2.18. The Morgan fingerprint density at radius 2 is 2.11 bits per heavy atom. The van der Waals surface area contributed by atoms with Crippen molar-refractivity contribution in [2.75, 3.05) is 0 Å². The maximum atomic E-state index is 11.1. The molecule has 1 saturated carbocycles. The third-order valence-electron chi connectivity index (χ3n) is 3.04. The van der Waals surface area contributed by atoms with Crippen LogP contribution in [0.25, 0.3) is 0 Å². The number of nitrogens with zero attached hydrogens (tertiary/aromatic N) is 5. The first kappa shape index (κ1) is 11.8. The van der Waals surface area contributed by atoms with Gasteiger partial charge >= 0.3 is 5.97 Å². The van der Waals surface area contributed by atoms with E-state index in [0.29, 0.717) is 23.9 Å². The fraction of sp³-hybridized carbons (Fsp3) is 0.545. The third kappa shape index (κ3) is 2.20. The fourth-order valence-electron chi connectivity index (χ4n) is 1.97. The van der Waals surface area contributed by atoms with E-state index in [9.17, 15) is 4.79 Å². The highest BCUT2D eigenvalue weighted by Crippen LogP contribution is 2.41. The predicted octanol–water partition coefficient (Wildman–Crippen LogP) is 0.847. The van der Waals surface area contributed by atoms with Gasteiger partial charge in [-0.05, 0) is 12.8 Å². The van der Waals surface area contributed by atoms with E-state index in [1.807, 2.05) is 6.92 Å². The average molecular weight is 263 g/mol. The lowest BCUT2D eigenvalue weighted by Crippen LogP contribution is -2.08.